The summed E-state index contributed by atoms with van der Waals surface area (Å²) in [6, 6.07) is -0.889. The molecule has 0 bridgehead atoms. The average Bonchev–Trinajstić information content (AvgIpc) is 1.67. The fourth-order valence-electron chi connectivity index (χ4n) is 0.303. The number of nitrogens with two attached hydrogens (primary N) is 1. The molecule has 0 saturated carbocycles. The second-order valence-electron chi connectivity index (χ2n) is 1.48. The van der Waals surface area contributed by atoms with Crippen LogP contribution in [0.3, 0.4) is 0 Å². The minimum atomic E-state index is -1.22. The number of hydrogen-bond acceptors (Lipinski definition) is 4. The summed E-state index contributed by atoms with van der Waals surface area (Å²) in [6.45, 7) is 0.252. The number of aliphatic carboxylic acids is 1. The molecule has 1 unspecified atom stereocenters. The van der Waals surface area contributed by atoms with E-state index in [-0.39, 0.29) is 6.54 Å². The first kappa shape index (κ1) is 7.39. The van der Waals surface area contributed by atoms with Crippen molar-refractivity contribution in [3.63, 3.8) is 0 Å². The summed E-state index contributed by atoms with van der Waals surface area (Å²) in [5.74, 6) is -1.22. The average molecular weight is 117 g/mol. The van der Waals surface area contributed by atoms with Gasteiger partial charge in [-0.15, -0.1) is 0 Å². The van der Waals surface area contributed by atoms with Crippen LogP contribution in [-0.2, 0) is 4.79 Å². The predicted molar refractivity (Wildman–Crippen MR) is 26.9 cm³/mol. The van der Waals surface area contributed by atoms with Gasteiger partial charge >= 0.3 is 0 Å². The summed E-state index contributed by atoms with van der Waals surface area (Å²) >= 11 is 0. The topological polar surface area (TPSA) is 78.2 Å². The van der Waals surface area contributed by atoms with Gasteiger partial charge in [0.2, 0.25) is 0 Å². The molecule has 0 aliphatic heterocycles. The van der Waals surface area contributed by atoms with Crippen LogP contribution >= 0.6 is 0 Å². The molecule has 0 heterocycles. The molecule has 0 aromatic carbocycles. The molecule has 4 nitrogen and oxygen atoms in total. The molecule has 0 aliphatic carbocycles. The first-order chi connectivity index (χ1) is 3.68. The van der Waals surface area contributed by atoms with Crippen LogP contribution in [0.1, 0.15) is 0 Å². The standard InChI is InChI=1S/C4H10N2O2/c1-6-2-3(5)4(7)8/h3,6H,2,5H2,1H3,(H,7,8)/p-1. The third kappa shape index (κ3) is 2.54. The minimum Gasteiger partial charge on any atom is -0.548 e. The summed E-state index contributed by atoms with van der Waals surface area (Å²) in [5.41, 5.74) is 5.00. The van der Waals surface area contributed by atoms with Gasteiger partial charge in [-0.3, -0.25) is 0 Å². The van der Waals surface area contributed by atoms with Crippen molar-refractivity contribution in [3.05, 3.63) is 0 Å². The molecule has 1 atom stereocenters. The lowest BCUT2D eigenvalue weighted by Crippen LogP contribution is -2.47. The van der Waals surface area contributed by atoms with Gasteiger partial charge < -0.3 is 21.0 Å². The van der Waals surface area contributed by atoms with Crippen molar-refractivity contribution >= 4 is 5.97 Å². The molecule has 0 aliphatic rings. The summed E-state index contributed by atoms with van der Waals surface area (Å²) in [7, 11) is 1.63. The Balaban J connectivity index is 3.32. The largest absolute Gasteiger partial charge is 0.548 e. The molecular formula is C4H9N2O2-. The van der Waals surface area contributed by atoms with Gasteiger partial charge in [0.15, 0.2) is 0 Å². The van der Waals surface area contributed by atoms with E-state index >= 15 is 0 Å². The summed E-state index contributed by atoms with van der Waals surface area (Å²) in [4.78, 5) is 9.81. The molecule has 0 rings (SSSR count). The zero-order valence-corrected chi connectivity index (χ0v) is 4.68. The third-order valence-corrected chi connectivity index (χ3v) is 0.727. The summed E-state index contributed by atoms with van der Waals surface area (Å²) in [6.07, 6.45) is 0. The Hall–Kier alpha value is -0.610. The van der Waals surface area contributed by atoms with Crippen LogP contribution in [0.5, 0.6) is 0 Å². The third-order valence-electron chi connectivity index (χ3n) is 0.727. The van der Waals surface area contributed by atoms with E-state index in [9.17, 15) is 9.90 Å². The van der Waals surface area contributed by atoms with Gasteiger partial charge in [-0.1, -0.05) is 0 Å². The first-order valence-electron chi connectivity index (χ1n) is 2.29. The quantitative estimate of drug-likeness (QED) is 0.421. The first-order valence-corrected chi connectivity index (χ1v) is 2.29. The van der Waals surface area contributed by atoms with Crippen molar-refractivity contribution in [3.8, 4) is 0 Å². The minimum absolute atomic E-state index is 0.252. The monoisotopic (exact) mass is 117 g/mol. The second kappa shape index (κ2) is 3.40. The van der Waals surface area contributed by atoms with Crippen LogP contribution < -0.4 is 16.2 Å². The SMILES string of the molecule is CNCC(N)C(=O)[O-]. The van der Waals surface area contributed by atoms with Crippen molar-refractivity contribution in [2.75, 3.05) is 13.6 Å². The number of hydrogen-bond donors (Lipinski definition) is 2. The van der Waals surface area contributed by atoms with E-state index < -0.39 is 12.0 Å². The number of carbonyl (C=O) groups is 1. The Morgan fingerprint density at radius 3 is 2.62 bits per heavy atom. The molecule has 0 spiro atoms. The zero-order chi connectivity index (χ0) is 6.57. The normalized spacial score (nSPS) is 13.2. The maximum atomic E-state index is 9.81. The summed E-state index contributed by atoms with van der Waals surface area (Å²) in [5, 5.41) is 12.4. The molecule has 0 fully saturated rings. The number of carboxylic acids is 1. The van der Waals surface area contributed by atoms with Crippen LogP contribution in [0.2, 0.25) is 0 Å². The molecule has 0 aromatic rings. The highest BCUT2D eigenvalue weighted by Gasteiger charge is 1.97. The van der Waals surface area contributed by atoms with Crippen molar-refractivity contribution in [2.24, 2.45) is 5.73 Å². The fraction of sp³-hybridized carbons (Fsp3) is 0.750. The van der Waals surface area contributed by atoms with E-state index in [4.69, 9.17) is 5.73 Å². The highest BCUT2D eigenvalue weighted by molar-refractivity contribution is 5.71. The Morgan fingerprint density at radius 2 is 2.50 bits per heavy atom. The van der Waals surface area contributed by atoms with Crippen LogP contribution in [0.25, 0.3) is 0 Å². The molecular weight excluding hydrogens is 108 g/mol. The molecule has 48 valence electrons. The highest BCUT2D eigenvalue weighted by atomic mass is 16.4. The van der Waals surface area contributed by atoms with Gasteiger partial charge in [0.25, 0.3) is 0 Å². The molecule has 0 radical (unpaired) electrons. The van der Waals surface area contributed by atoms with E-state index in [0.717, 1.165) is 0 Å². The van der Waals surface area contributed by atoms with Crippen LogP contribution in [0, 0.1) is 0 Å². The van der Waals surface area contributed by atoms with E-state index in [1.54, 1.807) is 7.05 Å². The van der Waals surface area contributed by atoms with E-state index in [2.05, 4.69) is 5.32 Å². The molecule has 0 amide bonds. The van der Waals surface area contributed by atoms with Gasteiger partial charge in [0, 0.05) is 6.54 Å². The van der Waals surface area contributed by atoms with Crippen LogP contribution in [0.15, 0.2) is 0 Å². The Labute approximate surface area is 47.7 Å². The smallest absolute Gasteiger partial charge is 0.0595 e. The highest BCUT2D eigenvalue weighted by Crippen LogP contribution is 1.67. The van der Waals surface area contributed by atoms with Gasteiger partial charge in [-0.25, -0.2) is 0 Å². The van der Waals surface area contributed by atoms with Crippen LogP contribution in [-0.4, -0.2) is 25.6 Å². The van der Waals surface area contributed by atoms with E-state index in [1.807, 2.05) is 0 Å². The molecule has 0 saturated heterocycles. The number of likely N-dealkylation sites (N-methyl/N-ethyl adjacent to an activating group) is 1. The van der Waals surface area contributed by atoms with E-state index in [1.165, 1.54) is 0 Å². The van der Waals surface area contributed by atoms with Gasteiger partial charge in [-0.2, -0.15) is 0 Å². The van der Waals surface area contributed by atoms with Gasteiger partial charge in [0.05, 0.1) is 12.0 Å². The Morgan fingerprint density at radius 1 is 2.00 bits per heavy atom. The number of rotatable bonds is 3. The molecule has 8 heavy (non-hydrogen) atoms. The lowest BCUT2D eigenvalue weighted by Gasteiger charge is -2.09. The zero-order valence-electron chi connectivity index (χ0n) is 4.68. The predicted octanol–water partition coefficient (Wildman–Crippen LogP) is -2.72. The summed E-state index contributed by atoms with van der Waals surface area (Å²) < 4.78 is 0. The van der Waals surface area contributed by atoms with Crippen molar-refractivity contribution in [2.45, 2.75) is 6.04 Å². The van der Waals surface area contributed by atoms with Gasteiger partial charge in [0.1, 0.15) is 0 Å². The maximum absolute atomic E-state index is 9.81. The Bertz CT molecular complexity index is 84.1. The van der Waals surface area contributed by atoms with E-state index in [0.29, 0.717) is 0 Å². The van der Waals surface area contributed by atoms with Crippen LogP contribution in [0.4, 0.5) is 0 Å². The second-order valence-corrected chi connectivity index (χ2v) is 1.48. The van der Waals surface area contributed by atoms with Crippen molar-refractivity contribution in [1.82, 2.24) is 5.32 Å². The Kier molecular flexibility index (Phi) is 3.14. The van der Waals surface area contributed by atoms with Gasteiger partial charge in [-0.05, 0) is 7.05 Å². The lowest BCUT2D eigenvalue weighted by molar-refractivity contribution is -0.307. The number of nitrogens with one attached hydrogen (secondary N) is 1. The van der Waals surface area contributed by atoms with Crippen molar-refractivity contribution < 1.29 is 9.90 Å². The molecule has 3 N–H and O–H groups in total. The molecule has 4 heteroatoms. The number of carbonyl (C=O) groups excluding carboxylic acids is 1. The van der Waals surface area contributed by atoms with Crippen molar-refractivity contribution in [1.29, 1.82) is 0 Å². The fourth-order valence-corrected chi connectivity index (χ4v) is 0.303. The molecule has 0 aromatic heterocycles. The maximum Gasteiger partial charge on any atom is 0.0595 e. The number of carboxylic acid groups (broad SMARTS) is 1. The lowest BCUT2D eigenvalue weighted by atomic mass is 10.3.